The molecule has 40 heavy (non-hydrogen) atoms. The van der Waals surface area contributed by atoms with E-state index in [9.17, 15) is 14.4 Å². The lowest BCUT2D eigenvalue weighted by atomic mass is 10.1. The number of rotatable bonds is 9. The van der Waals surface area contributed by atoms with Crippen LogP contribution >= 0.6 is 11.6 Å². The molecule has 10 heteroatoms. The summed E-state index contributed by atoms with van der Waals surface area (Å²) in [7, 11) is 2.96. The van der Waals surface area contributed by atoms with Gasteiger partial charge in [0.1, 0.15) is 5.75 Å². The molecule has 0 aliphatic heterocycles. The van der Waals surface area contributed by atoms with Gasteiger partial charge in [-0.3, -0.25) is 9.59 Å². The first-order valence-corrected chi connectivity index (χ1v) is 12.3. The quantitative estimate of drug-likeness (QED) is 0.120. The Morgan fingerprint density at radius 1 is 0.750 bits per heavy atom. The standard InChI is InChI=1S/C30H24ClN3O6/c1-38-25-8-4-6-22(17-25)28(35)33-24-7-3-5-21(16-24)29(36)34-32-18-19-9-14-26(27(15-19)39-2)40-30(37)20-10-12-23(31)13-11-20/h3-18H,1-2H3,(H,33,35)(H,34,36). The van der Waals surface area contributed by atoms with Crippen LogP contribution in [0.15, 0.2) is 96.1 Å². The number of carbonyl (C=O) groups is 3. The molecule has 0 aromatic heterocycles. The predicted molar refractivity (Wildman–Crippen MR) is 152 cm³/mol. The van der Waals surface area contributed by atoms with E-state index in [0.29, 0.717) is 44.5 Å². The molecule has 0 heterocycles. The number of halogens is 1. The van der Waals surface area contributed by atoms with Gasteiger partial charge in [0.05, 0.1) is 26.0 Å². The molecule has 0 saturated carbocycles. The molecule has 2 amide bonds. The van der Waals surface area contributed by atoms with E-state index in [-0.39, 0.29) is 11.7 Å². The highest BCUT2D eigenvalue weighted by Crippen LogP contribution is 2.28. The third kappa shape index (κ3) is 7.24. The monoisotopic (exact) mass is 557 g/mol. The van der Waals surface area contributed by atoms with Gasteiger partial charge < -0.3 is 19.5 Å². The van der Waals surface area contributed by atoms with Crippen LogP contribution in [-0.2, 0) is 0 Å². The summed E-state index contributed by atoms with van der Waals surface area (Å²) in [5.41, 5.74) is 4.53. The molecule has 0 aliphatic rings. The van der Waals surface area contributed by atoms with Gasteiger partial charge in [-0.2, -0.15) is 5.10 Å². The molecule has 9 nitrogen and oxygen atoms in total. The maximum absolute atomic E-state index is 12.6. The zero-order valence-electron chi connectivity index (χ0n) is 21.5. The second-order valence-corrected chi connectivity index (χ2v) is 8.71. The summed E-state index contributed by atoms with van der Waals surface area (Å²) < 4.78 is 15.9. The Bertz CT molecular complexity index is 1570. The first-order chi connectivity index (χ1) is 19.4. The van der Waals surface area contributed by atoms with Gasteiger partial charge in [-0.05, 0) is 84.4 Å². The number of methoxy groups -OCH3 is 2. The number of hydrazone groups is 1. The van der Waals surface area contributed by atoms with Crippen molar-refractivity contribution in [1.82, 2.24) is 5.43 Å². The smallest absolute Gasteiger partial charge is 0.343 e. The topological polar surface area (TPSA) is 115 Å². The van der Waals surface area contributed by atoms with Crippen LogP contribution in [0.25, 0.3) is 0 Å². The van der Waals surface area contributed by atoms with E-state index >= 15 is 0 Å². The minimum atomic E-state index is -0.564. The zero-order chi connectivity index (χ0) is 28.5. The van der Waals surface area contributed by atoms with E-state index in [1.807, 2.05) is 0 Å². The number of hydrogen-bond acceptors (Lipinski definition) is 7. The van der Waals surface area contributed by atoms with Crippen molar-refractivity contribution in [2.75, 3.05) is 19.5 Å². The number of anilines is 1. The molecule has 4 aromatic rings. The van der Waals surface area contributed by atoms with Crippen LogP contribution in [0, 0.1) is 0 Å². The maximum atomic E-state index is 12.6. The van der Waals surface area contributed by atoms with E-state index < -0.39 is 11.9 Å². The van der Waals surface area contributed by atoms with Gasteiger partial charge in [-0.25, -0.2) is 10.2 Å². The highest BCUT2D eigenvalue weighted by Gasteiger charge is 2.13. The van der Waals surface area contributed by atoms with Crippen LogP contribution in [0.4, 0.5) is 5.69 Å². The highest BCUT2D eigenvalue weighted by molar-refractivity contribution is 6.30. The molecule has 4 aromatic carbocycles. The highest BCUT2D eigenvalue weighted by atomic mass is 35.5. The Labute approximate surface area is 235 Å². The van der Waals surface area contributed by atoms with E-state index in [2.05, 4.69) is 15.8 Å². The third-order valence-electron chi connectivity index (χ3n) is 5.56. The number of amides is 2. The molecule has 0 aliphatic carbocycles. The molecule has 0 radical (unpaired) electrons. The Morgan fingerprint density at radius 3 is 2.20 bits per heavy atom. The fourth-order valence-corrected chi connectivity index (χ4v) is 3.66. The normalized spacial score (nSPS) is 10.6. The van der Waals surface area contributed by atoms with Gasteiger partial charge in [-0.1, -0.05) is 23.7 Å². The van der Waals surface area contributed by atoms with Crippen molar-refractivity contribution < 1.29 is 28.6 Å². The van der Waals surface area contributed by atoms with E-state index in [1.54, 1.807) is 84.9 Å². The van der Waals surface area contributed by atoms with E-state index in [0.717, 1.165) is 0 Å². The Hall–Kier alpha value is -5.15. The second-order valence-electron chi connectivity index (χ2n) is 8.27. The zero-order valence-corrected chi connectivity index (χ0v) is 22.3. The first kappa shape index (κ1) is 27.9. The number of ether oxygens (including phenoxy) is 3. The van der Waals surface area contributed by atoms with Gasteiger partial charge >= 0.3 is 5.97 Å². The lowest BCUT2D eigenvalue weighted by molar-refractivity contribution is 0.0729. The lowest BCUT2D eigenvalue weighted by Crippen LogP contribution is -2.18. The van der Waals surface area contributed by atoms with Gasteiger partial charge in [0, 0.05) is 21.8 Å². The van der Waals surface area contributed by atoms with Crippen molar-refractivity contribution >= 4 is 41.3 Å². The van der Waals surface area contributed by atoms with Crippen LogP contribution in [0.2, 0.25) is 5.02 Å². The number of nitrogens with zero attached hydrogens (tertiary/aromatic N) is 1. The predicted octanol–water partition coefficient (Wildman–Crippen LogP) is 5.59. The van der Waals surface area contributed by atoms with Crippen molar-refractivity contribution in [2.24, 2.45) is 5.10 Å². The van der Waals surface area contributed by atoms with Crippen LogP contribution in [-0.4, -0.2) is 38.2 Å². The number of nitrogens with one attached hydrogen (secondary N) is 2. The Kier molecular flexibility index (Phi) is 9.11. The van der Waals surface area contributed by atoms with Crippen LogP contribution in [0.5, 0.6) is 17.2 Å². The van der Waals surface area contributed by atoms with Crippen molar-refractivity contribution in [3.8, 4) is 17.2 Å². The molecule has 0 unspecified atom stereocenters. The van der Waals surface area contributed by atoms with Crippen molar-refractivity contribution in [3.05, 3.63) is 118 Å². The van der Waals surface area contributed by atoms with Crippen LogP contribution in [0.1, 0.15) is 36.6 Å². The summed E-state index contributed by atoms with van der Waals surface area (Å²) in [5.74, 6) is -0.302. The molecule has 0 saturated heterocycles. The lowest BCUT2D eigenvalue weighted by Gasteiger charge is -2.10. The molecule has 202 valence electrons. The molecule has 0 atom stereocenters. The minimum absolute atomic E-state index is 0.219. The van der Waals surface area contributed by atoms with Crippen molar-refractivity contribution in [2.45, 2.75) is 0 Å². The summed E-state index contributed by atoms with van der Waals surface area (Å²) >= 11 is 5.86. The number of carbonyl (C=O) groups excluding carboxylic acids is 3. The molecular formula is C30H24ClN3O6. The Balaban J connectivity index is 1.37. The summed E-state index contributed by atoms with van der Waals surface area (Å²) in [6, 6.07) is 24.3. The fraction of sp³-hybridized carbons (Fsp3) is 0.0667. The molecule has 0 fully saturated rings. The fourth-order valence-electron chi connectivity index (χ4n) is 3.53. The number of hydrogen-bond donors (Lipinski definition) is 2. The van der Waals surface area contributed by atoms with Gasteiger partial charge in [0.2, 0.25) is 0 Å². The van der Waals surface area contributed by atoms with Gasteiger partial charge in [0.15, 0.2) is 11.5 Å². The maximum Gasteiger partial charge on any atom is 0.343 e. The summed E-state index contributed by atoms with van der Waals surface area (Å²) in [6.07, 6.45) is 1.42. The molecule has 0 spiro atoms. The third-order valence-corrected chi connectivity index (χ3v) is 5.82. The average Bonchev–Trinajstić information content (AvgIpc) is 2.98. The minimum Gasteiger partial charge on any atom is -0.497 e. The van der Waals surface area contributed by atoms with Gasteiger partial charge in [-0.15, -0.1) is 0 Å². The molecular weight excluding hydrogens is 534 g/mol. The molecule has 4 rings (SSSR count). The Morgan fingerprint density at radius 2 is 1.48 bits per heavy atom. The molecule has 2 N–H and O–H groups in total. The first-order valence-electron chi connectivity index (χ1n) is 11.9. The summed E-state index contributed by atoms with van der Waals surface area (Å²) in [5, 5.41) is 7.27. The summed E-state index contributed by atoms with van der Waals surface area (Å²) in [4.78, 5) is 37.6. The van der Waals surface area contributed by atoms with Crippen LogP contribution < -0.4 is 25.0 Å². The number of benzene rings is 4. The SMILES string of the molecule is COc1cccc(C(=O)Nc2cccc(C(=O)NN=Cc3ccc(OC(=O)c4ccc(Cl)cc4)c(OC)c3)c2)c1. The molecule has 0 bridgehead atoms. The average molecular weight is 558 g/mol. The largest absolute Gasteiger partial charge is 0.497 e. The van der Waals surface area contributed by atoms with Crippen molar-refractivity contribution in [3.63, 3.8) is 0 Å². The van der Waals surface area contributed by atoms with E-state index in [1.165, 1.54) is 26.5 Å². The van der Waals surface area contributed by atoms with Crippen molar-refractivity contribution in [1.29, 1.82) is 0 Å². The second kappa shape index (κ2) is 13.1. The van der Waals surface area contributed by atoms with Gasteiger partial charge in [0.25, 0.3) is 11.8 Å². The summed E-state index contributed by atoms with van der Waals surface area (Å²) in [6.45, 7) is 0. The van der Waals surface area contributed by atoms with Crippen LogP contribution in [0.3, 0.4) is 0 Å². The number of esters is 1. The van der Waals surface area contributed by atoms with E-state index in [4.69, 9.17) is 25.8 Å².